The Morgan fingerprint density at radius 3 is 2.76 bits per heavy atom. The number of halogens is 2. The second-order valence-corrected chi connectivity index (χ2v) is 4.70. The van der Waals surface area contributed by atoms with Gasteiger partial charge in [0.2, 0.25) is 0 Å². The summed E-state index contributed by atoms with van der Waals surface area (Å²) in [5.74, 6) is -0.150. The van der Waals surface area contributed by atoms with Crippen LogP contribution in [0.5, 0.6) is 0 Å². The highest BCUT2D eigenvalue weighted by atomic mass is 35.5. The van der Waals surface area contributed by atoms with Crippen molar-refractivity contribution in [2.45, 2.75) is 6.42 Å². The van der Waals surface area contributed by atoms with Gasteiger partial charge >= 0.3 is 0 Å². The van der Waals surface area contributed by atoms with E-state index in [0.29, 0.717) is 22.9 Å². The van der Waals surface area contributed by atoms with Gasteiger partial charge in [-0.25, -0.2) is 4.98 Å². The first-order chi connectivity index (χ1) is 9.31. The molecule has 116 valence electrons. The molecule has 6 nitrogen and oxygen atoms in total. The molecule has 0 aliphatic heterocycles. The first-order valence-electron chi connectivity index (χ1n) is 5.96. The summed E-state index contributed by atoms with van der Waals surface area (Å²) in [6.45, 7) is 1.51. The number of hydrogen-bond donors (Lipinski definition) is 2. The van der Waals surface area contributed by atoms with Crippen LogP contribution >= 0.6 is 36.2 Å². The van der Waals surface area contributed by atoms with E-state index < -0.39 is 0 Å². The van der Waals surface area contributed by atoms with Crippen LogP contribution in [0.25, 0.3) is 10.7 Å². The van der Waals surface area contributed by atoms with Gasteiger partial charge in [-0.1, -0.05) is 0 Å². The fourth-order valence-electron chi connectivity index (χ4n) is 1.46. The van der Waals surface area contributed by atoms with Gasteiger partial charge in [0.05, 0.1) is 6.20 Å². The van der Waals surface area contributed by atoms with Gasteiger partial charge in [0, 0.05) is 24.3 Å². The highest BCUT2D eigenvalue weighted by Gasteiger charge is 2.11. The molecule has 2 aromatic rings. The van der Waals surface area contributed by atoms with Crippen molar-refractivity contribution in [2.75, 3.05) is 20.1 Å². The van der Waals surface area contributed by atoms with Crippen molar-refractivity contribution >= 4 is 42.1 Å². The Bertz CT molecular complexity index is 537. The monoisotopic (exact) mass is 349 g/mol. The largest absolute Gasteiger partial charge is 0.351 e. The Labute approximate surface area is 139 Å². The number of amides is 1. The predicted octanol–water partition coefficient (Wildman–Crippen LogP) is 1.78. The van der Waals surface area contributed by atoms with Crippen molar-refractivity contribution in [1.82, 2.24) is 25.6 Å². The van der Waals surface area contributed by atoms with Crippen LogP contribution in [0.2, 0.25) is 0 Å². The molecule has 9 heteroatoms. The lowest BCUT2D eigenvalue weighted by Crippen LogP contribution is -2.26. The minimum atomic E-state index is -0.150. The Kier molecular flexibility index (Phi) is 9.81. The van der Waals surface area contributed by atoms with E-state index in [1.165, 1.54) is 11.3 Å². The third kappa shape index (κ3) is 5.92. The van der Waals surface area contributed by atoms with E-state index in [9.17, 15) is 4.79 Å². The van der Waals surface area contributed by atoms with Crippen LogP contribution in [0.1, 0.15) is 16.9 Å². The standard InChI is InChI=1S/C12H15N5OS.2ClH/c1-13-3-2-4-16-11(18)10-8-19-12(17-10)9-7-14-5-6-15-9;;/h5-8,13H,2-4H2,1H3,(H,16,18);2*1H. The second kappa shape index (κ2) is 10.4. The summed E-state index contributed by atoms with van der Waals surface area (Å²) in [7, 11) is 1.88. The van der Waals surface area contributed by atoms with E-state index in [1.54, 1.807) is 24.0 Å². The molecule has 0 atom stereocenters. The summed E-state index contributed by atoms with van der Waals surface area (Å²) in [5.41, 5.74) is 1.11. The summed E-state index contributed by atoms with van der Waals surface area (Å²) >= 11 is 1.39. The van der Waals surface area contributed by atoms with E-state index >= 15 is 0 Å². The van der Waals surface area contributed by atoms with E-state index in [4.69, 9.17) is 0 Å². The highest BCUT2D eigenvalue weighted by Crippen LogP contribution is 2.20. The fraction of sp³-hybridized carbons (Fsp3) is 0.333. The number of hydrogen-bond acceptors (Lipinski definition) is 6. The van der Waals surface area contributed by atoms with Crippen molar-refractivity contribution in [3.63, 3.8) is 0 Å². The van der Waals surface area contributed by atoms with Crippen LogP contribution in [0.4, 0.5) is 0 Å². The number of nitrogens with one attached hydrogen (secondary N) is 2. The molecule has 2 rings (SSSR count). The van der Waals surface area contributed by atoms with Crippen LogP contribution in [0, 0.1) is 0 Å². The lowest BCUT2D eigenvalue weighted by molar-refractivity contribution is 0.0949. The van der Waals surface area contributed by atoms with E-state index in [0.717, 1.165) is 13.0 Å². The molecule has 0 bridgehead atoms. The molecule has 0 saturated carbocycles. The van der Waals surface area contributed by atoms with Gasteiger partial charge in [0.25, 0.3) is 5.91 Å². The molecule has 2 aromatic heterocycles. The van der Waals surface area contributed by atoms with Crippen molar-refractivity contribution in [2.24, 2.45) is 0 Å². The van der Waals surface area contributed by atoms with Gasteiger partial charge < -0.3 is 10.6 Å². The van der Waals surface area contributed by atoms with E-state index in [1.807, 2.05) is 7.05 Å². The number of aromatic nitrogens is 3. The first kappa shape index (κ1) is 19.7. The zero-order chi connectivity index (χ0) is 13.5. The summed E-state index contributed by atoms with van der Waals surface area (Å²) in [5, 5.41) is 8.29. The van der Waals surface area contributed by atoms with Crippen molar-refractivity contribution < 1.29 is 4.79 Å². The molecule has 0 spiro atoms. The molecule has 0 aliphatic rings. The van der Waals surface area contributed by atoms with Crippen molar-refractivity contribution in [3.8, 4) is 10.7 Å². The molecule has 1 amide bonds. The average Bonchev–Trinajstić information content (AvgIpc) is 2.94. The zero-order valence-corrected chi connectivity index (χ0v) is 13.9. The predicted molar refractivity (Wildman–Crippen MR) is 88.5 cm³/mol. The van der Waals surface area contributed by atoms with Crippen LogP contribution in [0.3, 0.4) is 0 Å². The minimum absolute atomic E-state index is 0. The average molecular weight is 350 g/mol. The molecule has 2 N–H and O–H groups in total. The fourth-order valence-corrected chi connectivity index (χ4v) is 2.22. The molecule has 0 aliphatic carbocycles. The Morgan fingerprint density at radius 2 is 2.10 bits per heavy atom. The maximum atomic E-state index is 11.8. The molecule has 0 unspecified atom stereocenters. The topological polar surface area (TPSA) is 79.8 Å². The van der Waals surface area contributed by atoms with Gasteiger partial charge in [-0.3, -0.25) is 14.8 Å². The first-order valence-corrected chi connectivity index (χ1v) is 6.84. The molecular weight excluding hydrogens is 333 g/mol. The molecule has 2 heterocycles. The number of thiazole rings is 1. The molecule has 0 saturated heterocycles. The molecule has 21 heavy (non-hydrogen) atoms. The molecule has 0 radical (unpaired) electrons. The molecular formula is C12H17Cl2N5OS. The quantitative estimate of drug-likeness (QED) is 0.777. The number of nitrogens with zero attached hydrogens (tertiary/aromatic N) is 3. The van der Waals surface area contributed by atoms with Gasteiger partial charge in [0.1, 0.15) is 16.4 Å². The zero-order valence-electron chi connectivity index (χ0n) is 11.4. The van der Waals surface area contributed by atoms with E-state index in [2.05, 4.69) is 25.6 Å². The summed E-state index contributed by atoms with van der Waals surface area (Å²) in [6.07, 6.45) is 5.73. The van der Waals surface area contributed by atoms with Gasteiger partial charge in [-0.15, -0.1) is 36.2 Å². The number of carbonyl (C=O) groups excluding carboxylic acids is 1. The van der Waals surface area contributed by atoms with Crippen LogP contribution in [-0.4, -0.2) is 41.0 Å². The maximum Gasteiger partial charge on any atom is 0.270 e. The summed E-state index contributed by atoms with van der Waals surface area (Å²) in [4.78, 5) is 24.2. The lowest BCUT2D eigenvalue weighted by Gasteiger charge is -2.02. The number of carbonyl (C=O) groups is 1. The SMILES string of the molecule is CNCCCNC(=O)c1csc(-c2cnccn2)n1.Cl.Cl. The lowest BCUT2D eigenvalue weighted by atomic mass is 10.4. The van der Waals surface area contributed by atoms with Crippen molar-refractivity contribution in [1.29, 1.82) is 0 Å². The highest BCUT2D eigenvalue weighted by molar-refractivity contribution is 7.13. The van der Waals surface area contributed by atoms with Gasteiger partial charge in [-0.2, -0.15) is 0 Å². The molecule has 0 aromatic carbocycles. The number of rotatable bonds is 6. The Hall–Kier alpha value is -1.28. The van der Waals surface area contributed by atoms with Crippen LogP contribution < -0.4 is 10.6 Å². The minimum Gasteiger partial charge on any atom is -0.351 e. The molecule has 0 fully saturated rings. The third-order valence-electron chi connectivity index (χ3n) is 2.41. The van der Waals surface area contributed by atoms with Crippen molar-refractivity contribution in [3.05, 3.63) is 29.7 Å². The van der Waals surface area contributed by atoms with E-state index in [-0.39, 0.29) is 30.7 Å². The van der Waals surface area contributed by atoms with Crippen LogP contribution in [0.15, 0.2) is 24.0 Å². The second-order valence-electron chi connectivity index (χ2n) is 3.84. The van der Waals surface area contributed by atoms with Crippen LogP contribution in [-0.2, 0) is 0 Å². The smallest absolute Gasteiger partial charge is 0.270 e. The third-order valence-corrected chi connectivity index (χ3v) is 3.27. The normalized spacial score (nSPS) is 9.38. The van der Waals surface area contributed by atoms with Gasteiger partial charge in [0.15, 0.2) is 0 Å². The van der Waals surface area contributed by atoms with Gasteiger partial charge in [-0.05, 0) is 20.0 Å². The Morgan fingerprint density at radius 1 is 1.29 bits per heavy atom. The summed E-state index contributed by atoms with van der Waals surface area (Å²) < 4.78 is 0. The maximum absolute atomic E-state index is 11.8. The summed E-state index contributed by atoms with van der Waals surface area (Å²) in [6, 6.07) is 0. The Balaban J connectivity index is 0.00000200.